The van der Waals surface area contributed by atoms with E-state index in [1.54, 1.807) is 0 Å². The topological polar surface area (TPSA) is 102 Å². The summed E-state index contributed by atoms with van der Waals surface area (Å²) in [5.41, 5.74) is -2.41. The molecule has 5 aliphatic carbocycles. The number of allylic oxidation sites excluding steroid dienone is 1. The molecule has 12 atom stereocenters. The summed E-state index contributed by atoms with van der Waals surface area (Å²) in [6, 6.07) is 0. The number of carbonyl (C=O) groups is 3. The lowest BCUT2D eigenvalue weighted by Gasteiger charge is -2.68. The van der Waals surface area contributed by atoms with E-state index < -0.39 is 45.3 Å². The molecule has 0 aromatic carbocycles. The van der Waals surface area contributed by atoms with Crippen molar-refractivity contribution in [1.82, 2.24) is 4.90 Å². The zero-order chi connectivity index (χ0) is 32.4. The molecular formula is C36H55NO7. The third-order valence-electron chi connectivity index (χ3n) is 14.8. The second-order valence-corrected chi connectivity index (χ2v) is 17.0. The van der Waals surface area contributed by atoms with Crippen molar-refractivity contribution < 1.29 is 33.7 Å². The number of nitrogens with zero attached hydrogens (tertiary/aromatic N) is 1. The van der Waals surface area contributed by atoms with Crippen LogP contribution in [0.5, 0.6) is 0 Å². The van der Waals surface area contributed by atoms with E-state index in [0.29, 0.717) is 25.6 Å². The summed E-state index contributed by atoms with van der Waals surface area (Å²) >= 11 is 0. The molecule has 1 unspecified atom stereocenters. The standard InChI is InChI=1S/C36H55NO7/c1-20(2)21(3)31(5)13-14-33(7)23-11-12-25-32(6)19-43-36(29(44-22(4)38)28(32)42-16-15-37(9)10)18-35(25,36)24(23)17-26(39)34(33,8)27(31)30(40)41/h17,20-21,23,25,27-29H,11-16,18-19H2,1-10H3,(H,40,41)/t21-,23+,25+,27-,28+,29+,31-,32+,33-,34+,35-,36?/m1/s1. The minimum absolute atomic E-state index is 0.0491. The van der Waals surface area contributed by atoms with Gasteiger partial charge in [0.15, 0.2) is 11.9 Å². The number of carboxylic acid groups (broad SMARTS) is 1. The third-order valence-corrected chi connectivity index (χ3v) is 14.8. The predicted octanol–water partition coefficient (Wildman–Crippen LogP) is 5.38. The first kappa shape index (κ1) is 32.2. The molecule has 246 valence electrons. The lowest BCUT2D eigenvalue weighted by atomic mass is 9.35. The minimum atomic E-state index is -1.03. The maximum absolute atomic E-state index is 14.8. The summed E-state index contributed by atoms with van der Waals surface area (Å²) in [4.78, 5) is 42.7. The summed E-state index contributed by atoms with van der Waals surface area (Å²) in [5, 5.41) is 10.9. The molecule has 2 spiro atoms. The molecule has 0 aromatic heterocycles. The van der Waals surface area contributed by atoms with Gasteiger partial charge >= 0.3 is 11.9 Å². The summed E-state index contributed by atoms with van der Waals surface area (Å²) in [6.07, 6.45) is 5.19. The normalized spacial score (nSPS) is 49.4. The molecule has 2 saturated heterocycles. The molecule has 1 N–H and O–H groups in total. The van der Waals surface area contributed by atoms with E-state index >= 15 is 0 Å². The van der Waals surface area contributed by atoms with Crippen molar-refractivity contribution in [3.05, 3.63) is 11.6 Å². The summed E-state index contributed by atoms with van der Waals surface area (Å²) in [6.45, 7) is 18.3. The first-order valence-corrected chi connectivity index (χ1v) is 17.0. The number of ether oxygens (including phenoxy) is 3. The molecule has 8 nitrogen and oxygen atoms in total. The van der Waals surface area contributed by atoms with E-state index in [9.17, 15) is 19.5 Å². The van der Waals surface area contributed by atoms with Crippen LogP contribution in [0, 0.1) is 56.7 Å². The number of hydrogen-bond acceptors (Lipinski definition) is 7. The Balaban J connectivity index is 1.46. The number of carbonyl (C=O) groups excluding carboxylic acids is 2. The zero-order valence-electron chi connectivity index (χ0n) is 28.6. The largest absolute Gasteiger partial charge is 0.481 e. The number of likely N-dealkylation sites (N-methyl/N-ethyl adjacent to an activating group) is 1. The molecule has 8 heteroatoms. The van der Waals surface area contributed by atoms with Gasteiger partial charge in [0, 0.05) is 29.7 Å². The Labute approximate surface area is 263 Å². The second-order valence-electron chi connectivity index (χ2n) is 17.0. The lowest BCUT2D eigenvalue weighted by Crippen LogP contribution is -2.72. The Morgan fingerprint density at radius 2 is 1.77 bits per heavy atom. The molecule has 6 fully saturated rings. The Morgan fingerprint density at radius 1 is 1.09 bits per heavy atom. The van der Waals surface area contributed by atoms with Crippen molar-refractivity contribution in [2.45, 2.75) is 105 Å². The summed E-state index contributed by atoms with van der Waals surface area (Å²) in [7, 11) is 4.04. The molecule has 2 bridgehead atoms. The van der Waals surface area contributed by atoms with E-state index in [2.05, 4.69) is 46.4 Å². The Kier molecular flexibility index (Phi) is 7.22. The molecular weight excluding hydrogens is 558 g/mol. The predicted molar refractivity (Wildman–Crippen MR) is 166 cm³/mol. The molecule has 0 aromatic rings. The highest BCUT2D eigenvalue weighted by Crippen LogP contribution is 2.85. The smallest absolute Gasteiger partial charge is 0.308 e. The average Bonchev–Trinajstić information content (AvgIpc) is 3.61. The Hall–Kier alpha value is -1.77. The van der Waals surface area contributed by atoms with Gasteiger partial charge in [-0.3, -0.25) is 14.4 Å². The highest BCUT2D eigenvalue weighted by atomic mass is 16.6. The summed E-state index contributed by atoms with van der Waals surface area (Å²) in [5.74, 6) is -1.27. The molecule has 7 aliphatic rings. The Bertz CT molecular complexity index is 1290. The molecule has 44 heavy (non-hydrogen) atoms. The molecule has 2 aliphatic heterocycles. The van der Waals surface area contributed by atoms with Crippen molar-refractivity contribution in [3.8, 4) is 0 Å². The van der Waals surface area contributed by atoms with Crippen molar-refractivity contribution >= 4 is 17.7 Å². The SMILES string of the molecule is CC(=O)O[C@H]1[C@H](OCCN(C)C)[C@@]2(C)COC13C[C@]31C3=CC(=O)[C@@]4(C)[C@H](C(=O)O)[C@@](C)([C@H](C)C(C)C)CC[C@]4(C)[C@H]3CC[C@@H]21. The van der Waals surface area contributed by atoms with Crippen LogP contribution in [0.4, 0.5) is 0 Å². The van der Waals surface area contributed by atoms with Crippen LogP contribution in [0.15, 0.2) is 11.6 Å². The fraction of sp³-hybridized carbons (Fsp3) is 0.861. The van der Waals surface area contributed by atoms with E-state index in [0.717, 1.165) is 37.8 Å². The maximum atomic E-state index is 14.8. The maximum Gasteiger partial charge on any atom is 0.308 e. The zero-order valence-corrected chi connectivity index (χ0v) is 28.6. The quantitative estimate of drug-likeness (QED) is 0.364. The van der Waals surface area contributed by atoms with Crippen LogP contribution in [-0.4, -0.2) is 79.4 Å². The van der Waals surface area contributed by atoms with Gasteiger partial charge in [-0.2, -0.15) is 0 Å². The van der Waals surface area contributed by atoms with Crippen LogP contribution in [-0.2, 0) is 28.6 Å². The summed E-state index contributed by atoms with van der Waals surface area (Å²) < 4.78 is 19.5. The Morgan fingerprint density at radius 3 is 2.36 bits per heavy atom. The van der Waals surface area contributed by atoms with E-state index in [4.69, 9.17) is 14.2 Å². The van der Waals surface area contributed by atoms with Gasteiger partial charge in [-0.15, -0.1) is 0 Å². The van der Waals surface area contributed by atoms with Crippen molar-refractivity contribution in [2.24, 2.45) is 56.7 Å². The lowest BCUT2D eigenvalue weighted by molar-refractivity contribution is -0.299. The van der Waals surface area contributed by atoms with Gasteiger partial charge in [-0.25, -0.2) is 0 Å². The number of carboxylic acids is 1. The highest BCUT2D eigenvalue weighted by molar-refractivity contribution is 6.01. The molecule has 4 saturated carbocycles. The number of rotatable bonds is 8. The number of hydrogen-bond donors (Lipinski definition) is 1. The van der Waals surface area contributed by atoms with Gasteiger partial charge in [0.2, 0.25) is 0 Å². The van der Waals surface area contributed by atoms with E-state index in [-0.39, 0.29) is 41.0 Å². The van der Waals surface area contributed by atoms with Gasteiger partial charge in [-0.1, -0.05) is 54.0 Å². The fourth-order valence-electron chi connectivity index (χ4n) is 12.0. The van der Waals surface area contributed by atoms with Gasteiger partial charge in [0.1, 0.15) is 11.7 Å². The van der Waals surface area contributed by atoms with Crippen LogP contribution < -0.4 is 0 Å². The van der Waals surface area contributed by atoms with Crippen molar-refractivity contribution in [3.63, 3.8) is 0 Å². The van der Waals surface area contributed by atoms with Crippen LogP contribution in [0.25, 0.3) is 0 Å². The molecule has 7 rings (SSSR count). The molecule has 0 amide bonds. The van der Waals surface area contributed by atoms with Crippen LogP contribution >= 0.6 is 0 Å². The van der Waals surface area contributed by atoms with E-state index in [1.165, 1.54) is 6.92 Å². The van der Waals surface area contributed by atoms with Gasteiger partial charge < -0.3 is 24.2 Å². The second kappa shape index (κ2) is 9.87. The van der Waals surface area contributed by atoms with Crippen LogP contribution in [0.2, 0.25) is 0 Å². The first-order valence-electron chi connectivity index (χ1n) is 17.0. The van der Waals surface area contributed by atoms with Crippen molar-refractivity contribution in [2.75, 3.05) is 33.9 Å². The molecule has 0 radical (unpaired) electrons. The van der Waals surface area contributed by atoms with E-state index in [1.807, 2.05) is 27.1 Å². The highest BCUT2D eigenvalue weighted by Gasteiger charge is 2.90. The van der Waals surface area contributed by atoms with Gasteiger partial charge in [0.05, 0.1) is 19.1 Å². The van der Waals surface area contributed by atoms with Crippen LogP contribution in [0.1, 0.15) is 87.5 Å². The minimum Gasteiger partial charge on any atom is -0.481 e. The molecule has 2 heterocycles. The number of fused-ring (bicyclic) bond motifs is 5. The fourth-order valence-corrected chi connectivity index (χ4v) is 12.0. The number of esters is 1. The number of ketones is 1. The number of aliphatic carboxylic acids is 1. The first-order chi connectivity index (χ1) is 20.4. The van der Waals surface area contributed by atoms with Crippen molar-refractivity contribution in [1.29, 1.82) is 0 Å². The average molecular weight is 614 g/mol. The van der Waals surface area contributed by atoms with Crippen LogP contribution in [0.3, 0.4) is 0 Å². The monoisotopic (exact) mass is 613 g/mol. The van der Waals surface area contributed by atoms with Gasteiger partial charge in [-0.05, 0) is 86.8 Å². The third kappa shape index (κ3) is 3.71. The van der Waals surface area contributed by atoms with Gasteiger partial charge in [0.25, 0.3) is 0 Å².